The Morgan fingerprint density at radius 1 is 0.833 bits per heavy atom. The largest absolute Gasteiger partial charge is 0.493 e. The number of aliphatic imine (C=N–C) groups is 1. The third-order valence-corrected chi connectivity index (χ3v) is 4.69. The maximum atomic E-state index is 6.15. The molecule has 0 heterocycles. The van der Waals surface area contributed by atoms with Gasteiger partial charge >= 0.3 is 0 Å². The van der Waals surface area contributed by atoms with Crippen molar-refractivity contribution in [2.75, 3.05) is 7.11 Å². The lowest BCUT2D eigenvalue weighted by Gasteiger charge is -2.12. The Morgan fingerprint density at radius 2 is 1.60 bits per heavy atom. The molecule has 0 N–H and O–H groups in total. The number of aryl methyl sites for hydroxylation is 3. The second-order valence-corrected chi connectivity index (χ2v) is 7.17. The fourth-order valence-electron chi connectivity index (χ4n) is 2.81. The van der Waals surface area contributed by atoms with Crippen molar-refractivity contribution >= 4 is 11.6 Å². The normalized spacial score (nSPS) is 11.9. The number of benzene rings is 3. The lowest BCUT2D eigenvalue weighted by Crippen LogP contribution is -2.11. The molecular formula is C26H27NO3. The molecule has 3 rings (SSSR count). The fraction of sp³-hybridized carbons (Fsp3) is 0.192. The van der Waals surface area contributed by atoms with E-state index < -0.39 is 0 Å². The Bertz CT molecular complexity index is 1080. The number of nitrogens with zero attached hydrogens (tertiary/aromatic N) is 1. The van der Waals surface area contributed by atoms with E-state index in [-0.39, 0.29) is 0 Å². The predicted molar refractivity (Wildman–Crippen MR) is 122 cm³/mol. The first kappa shape index (κ1) is 21.2. The molecule has 3 aromatic carbocycles. The summed E-state index contributed by atoms with van der Waals surface area (Å²) in [4.78, 5) is 4.76. The number of ether oxygens (including phenoxy) is 3. The van der Waals surface area contributed by atoms with Crippen LogP contribution < -0.4 is 14.2 Å². The van der Waals surface area contributed by atoms with Crippen LogP contribution in [0.4, 0.5) is 5.69 Å². The van der Waals surface area contributed by atoms with Crippen molar-refractivity contribution in [1.29, 1.82) is 0 Å². The van der Waals surface area contributed by atoms with E-state index >= 15 is 0 Å². The summed E-state index contributed by atoms with van der Waals surface area (Å²) in [5.41, 5.74) is 5.09. The van der Waals surface area contributed by atoms with E-state index in [1.165, 1.54) is 11.1 Å². The molecule has 0 aliphatic heterocycles. The second kappa shape index (κ2) is 9.79. The molecule has 0 fully saturated rings. The van der Waals surface area contributed by atoms with Gasteiger partial charge in [0.1, 0.15) is 5.75 Å². The molecule has 30 heavy (non-hydrogen) atoms. The molecule has 154 valence electrons. The zero-order valence-electron chi connectivity index (χ0n) is 18.1. The summed E-state index contributed by atoms with van der Waals surface area (Å²) in [6, 6.07) is 21.5. The highest BCUT2D eigenvalue weighted by atomic mass is 16.5. The van der Waals surface area contributed by atoms with Crippen LogP contribution in [0.3, 0.4) is 0 Å². The molecule has 0 aliphatic rings. The molecule has 0 spiro atoms. The van der Waals surface area contributed by atoms with Crippen molar-refractivity contribution in [2.45, 2.75) is 27.7 Å². The summed E-state index contributed by atoms with van der Waals surface area (Å²) >= 11 is 0. The quantitative estimate of drug-likeness (QED) is 0.262. The number of hydrogen-bond donors (Lipinski definition) is 0. The van der Waals surface area contributed by atoms with Crippen molar-refractivity contribution in [3.8, 4) is 17.2 Å². The Morgan fingerprint density at radius 3 is 2.30 bits per heavy atom. The van der Waals surface area contributed by atoms with Gasteiger partial charge in [-0.15, -0.1) is 0 Å². The first-order chi connectivity index (χ1) is 14.5. The SMILES string of the molecule is COc1ccccc1OC=C(C)C(=Nc1ccc(C)c(C)c1)Oc1cccc(C)c1. The van der Waals surface area contributed by atoms with Crippen LogP contribution in [-0.2, 0) is 0 Å². The molecule has 0 atom stereocenters. The van der Waals surface area contributed by atoms with Crippen LogP contribution in [0.1, 0.15) is 23.6 Å². The molecule has 0 aromatic heterocycles. The summed E-state index contributed by atoms with van der Waals surface area (Å²) in [5, 5.41) is 0. The summed E-state index contributed by atoms with van der Waals surface area (Å²) in [6.07, 6.45) is 1.63. The van der Waals surface area contributed by atoms with Gasteiger partial charge in [0.05, 0.1) is 19.1 Å². The molecule has 0 saturated heterocycles. The van der Waals surface area contributed by atoms with Crippen molar-refractivity contribution < 1.29 is 14.2 Å². The van der Waals surface area contributed by atoms with E-state index in [4.69, 9.17) is 19.2 Å². The van der Waals surface area contributed by atoms with E-state index in [0.29, 0.717) is 17.4 Å². The highest BCUT2D eigenvalue weighted by molar-refractivity contribution is 5.96. The van der Waals surface area contributed by atoms with Crippen LogP contribution in [0.2, 0.25) is 0 Å². The molecular weight excluding hydrogens is 374 g/mol. The second-order valence-electron chi connectivity index (χ2n) is 7.17. The third-order valence-electron chi connectivity index (χ3n) is 4.69. The van der Waals surface area contributed by atoms with Gasteiger partial charge in [-0.3, -0.25) is 0 Å². The van der Waals surface area contributed by atoms with Gasteiger partial charge in [-0.05, 0) is 80.8 Å². The van der Waals surface area contributed by atoms with Crippen LogP contribution in [0.15, 0.2) is 83.6 Å². The van der Waals surface area contributed by atoms with Gasteiger partial charge in [0.2, 0.25) is 5.90 Å². The summed E-state index contributed by atoms with van der Waals surface area (Å²) in [5.74, 6) is 2.48. The van der Waals surface area contributed by atoms with Crippen LogP contribution in [0, 0.1) is 20.8 Å². The summed E-state index contributed by atoms with van der Waals surface area (Å²) in [7, 11) is 1.62. The minimum atomic E-state index is 0.471. The van der Waals surface area contributed by atoms with Crippen molar-refractivity contribution in [2.24, 2.45) is 4.99 Å². The molecule has 0 radical (unpaired) electrons. The summed E-state index contributed by atoms with van der Waals surface area (Å²) in [6.45, 7) is 8.09. The molecule has 3 aromatic rings. The van der Waals surface area contributed by atoms with Crippen LogP contribution in [0.25, 0.3) is 0 Å². The Labute approximate surface area is 178 Å². The zero-order chi connectivity index (χ0) is 21.5. The Hall–Kier alpha value is -3.53. The summed E-state index contributed by atoms with van der Waals surface area (Å²) < 4.78 is 17.4. The van der Waals surface area contributed by atoms with Crippen LogP contribution in [0.5, 0.6) is 17.2 Å². The molecule has 0 bridgehead atoms. The van der Waals surface area contributed by atoms with Gasteiger partial charge in [0, 0.05) is 5.57 Å². The lowest BCUT2D eigenvalue weighted by molar-refractivity contribution is 0.377. The van der Waals surface area contributed by atoms with Crippen molar-refractivity contribution in [1.82, 2.24) is 0 Å². The lowest BCUT2D eigenvalue weighted by atomic mass is 10.1. The van der Waals surface area contributed by atoms with E-state index in [1.54, 1.807) is 13.4 Å². The molecule has 4 nitrogen and oxygen atoms in total. The molecule has 0 saturated carbocycles. The average molecular weight is 402 g/mol. The van der Waals surface area contributed by atoms with E-state index in [9.17, 15) is 0 Å². The molecule has 0 amide bonds. The van der Waals surface area contributed by atoms with Crippen LogP contribution >= 0.6 is 0 Å². The Balaban J connectivity index is 1.94. The van der Waals surface area contributed by atoms with Crippen molar-refractivity contribution in [3.05, 3.63) is 95.3 Å². The molecule has 0 unspecified atom stereocenters. The molecule has 4 heteroatoms. The topological polar surface area (TPSA) is 40.0 Å². The Kier molecular flexibility index (Phi) is 6.91. The average Bonchev–Trinajstić information content (AvgIpc) is 2.74. The van der Waals surface area contributed by atoms with Gasteiger partial charge in [-0.25, -0.2) is 4.99 Å². The van der Waals surface area contributed by atoms with Gasteiger partial charge in [0.25, 0.3) is 0 Å². The first-order valence-electron chi connectivity index (χ1n) is 9.83. The monoisotopic (exact) mass is 401 g/mol. The van der Waals surface area contributed by atoms with E-state index in [1.807, 2.05) is 74.5 Å². The van der Waals surface area contributed by atoms with Gasteiger partial charge < -0.3 is 14.2 Å². The van der Waals surface area contributed by atoms with Crippen molar-refractivity contribution in [3.63, 3.8) is 0 Å². The maximum absolute atomic E-state index is 6.15. The third kappa shape index (κ3) is 5.51. The minimum absolute atomic E-state index is 0.471. The van der Waals surface area contributed by atoms with Gasteiger partial charge in [0.15, 0.2) is 11.5 Å². The smallest absolute Gasteiger partial charge is 0.225 e. The van der Waals surface area contributed by atoms with Gasteiger partial charge in [-0.1, -0.05) is 30.3 Å². The number of para-hydroxylation sites is 2. The van der Waals surface area contributed by atoms with Crippen LogP contribution in [-0.4, -0.2) is 13.0 Å². The predicted octanol–water partition coefficient (Wildman–Crippen LogP) is 6.71. The highest BCUT2D eigenvalue weighted by Gasteiger charge is 2.10. The minimum Gasteiger partial charge on any atom is -0.493 e. The number of rotatable bonds is 6. The highest BCUT2D eigenvalue weighted by Crippen LogP contribution is 2.27. The maximum Gasteiger partial charge on any atom is 0.225 e. The number of hydrogen-bond acceptors (Lipinski definition) is 4. The fourth-order valence-corrected chi connectivity index (χ4v) is 2.81. The first-order valence-corrected chi connectivity index (χ1v) is 9.83. The van der Waals surface area contributed by atoms with E-state index in [0.717, 1.165) is 22.6 Å². The standard InChI is InChI=1S/C26H27NO3/c1-18-9-8-10-23(15-18)30-26(27-22-14-13-19(2)20(3)16-22)21(4)17-29-25-12-7-6-11-24(25)28-5/h6-17H,1-5H3. The number of methoxy groups -OCH3 is 1. The van der Waals surface area contributed by atoms with E-state index in [2.05, 4.69) is 19.9 Å². The zero-order valence-corrected chi connectivity index (χ0v) is 18.1. The molecule has 0 aliphatic carbocycles. The van der Waals surface area contributed by atoms with Gasteiger partial charge in [-0.2, -0.15) is 0 Å².